The summed E-state index contributed by atoms with van der Waals surface area (Å²) < 4.78 is 63.5. The van der Waals surface area contributed by atoms with Gasteiger partial charge in [-0.3, -0.25) is 18.7 Å². The minimum Gasteiger partial charge on any atom is -0.507 e. The lowest BCUT2D eigenvalue weighted by Gasteiger charge is -2.24. The molecule has 0 heterocycles. The Bertz CT molecular complexity index is 1310. The van der Waals surface area contributed by atoms with Crippen molar-refractivity contribution in [3.05, 3.63) is 40.5 Å². The maximum Gasteiger partial charge on any atom is 0.298 e. The van der Waals surface area contributed by atoms with Crippen molar-refractivity contribution in [3.63, 3.8) is 0 Å². The highest BCUT2D eigenvalue weighted by Crippen LogP contribution is 2.44. The van der Waals surface area contributed by atoms with Gasteiger partial charge in [0.15, 0.2) is 0 Å². The second-order valence-electron chi connectivity index (χ2n) is 5.98. The van der Waals surface area contributed by atoms with E-state index in [0.29, 0.717) is 6.07 Å². The molecule has 0 unspecified atom stereocenters. The van der Waals surface area contributed by atoms with Gasteiger partial charge in [-0.2, -0.15) is 16.8 Å². The Hall–Kier alpha value is -3.20. The molecule has 0 bridgehead atoms. The van der Waals surface area contributed by atoms with Crippen LogP contribution >= 0.6 is 0 Å². The Morgan fingerprint density at radius 2 is 1.48 bits per heavy atom. The number of carbonyl (C=O) groups excluding carboxylic acids is 2. The number of rotatable bonds is 4. The summed E-state index contributed by atoms with van der Waals surface area (Å²) in [6, 6.07) is 2.64. The van der Waals surface area contributed by atoms with E-state index in [-0.39, 0.29) is 5.69 Å². The second-order valence-corrected chi connectivity index (χ2v) is 8.82. The van der Waals surface area contributed by atoms with Gasteiger partial charge in [-0.15, -0.1) is 0 Å². The molecule has 7 N–H and O–H groups in total. The van der Waals surface area contributed by atoms with Crippen molar-refractivity contribution in [2.45, 2.75) is 4.90 Å². The number of aromatic hydroxyl groups is 2. The van der Waals surface area contributed by atoms with Crippen molar-refractivity contribution in [1.82, 2.24) is 0 Å². The molecule has 2 aromatic carbocycles. The third kappa shape index (κ3) is 3.38. The summed E-state index contributed by atoms with van der Waals surface area (Å²) in [5, 5.41) is 22.4. The molecule has 0 amide bonds. The number of anilines is 2. The quantitative estimate of drug-likeness (QED) is 0.177. The van der Waals surface area contributed by atoms with Crippen molar-refractivity contribution in [3.8, 4) is 11.5 Å². The standard InChI is InChI=1S/C15H12N2O10S2/c16-5-1-2-7(18)11-9(5)14(20)12-10(15(11)21)6(17-4-28(22,23)24)3-8(13(12)19)29(25,26)27/h1-3,17-19H,4,16H2,(H,22,23,24)(H,25,26,27). The number of phenolic OH excluding ortho intramolecular Hbond substituents is 2. The average Bonchev–Trinajstić information content (AvgIpc) is 2.58. The lowest BCUT2D eigenvalue weighted by Crippen LogP contribution is -2.26. The third-order valence-corrected chi connectivity index (χ3v) is 5.49. The van der Waals surface area contributed by atoms with E-state index in [9.17, 15) is 41.2 Å². The number of benzene rings is 2. The third-order valence-electron chi connectivity index (χ3n) is 4.11. The zero-order valence-corrected chi connectivity index (χ0v) is 15.7. The Morgan fingerprint density at radius 3 is 2.03 bits per heavy atom. The van der Waals surface area contributed by atoms with Crippen LogP contribution < -0.4 is 11.1 Å². The van der Waals surface area contributed by atoms with Crippen molar-refractivity contribution < 1.29 is 45.7 Å². The zero-order valence-electron chi connectivity index (χ0n) is 14.1. The summed E-state index contributed by atoms with van der Waals surface area (Å²) >= 11 is 0. The van der Waals surface area contributed by atoms with Gasteiger partial charge in [0.2, 0.25) is 11.6 Å². The van der Waals surface area contributed by atoms with E-state index in [0.717, 1.165) is 12.1 Å². The summed E-state index contributed by atoms with van der Waals surface area (Å²) in [7, 11) is -9.79. The molecule has 0 saturated carbocycles. The van der Waals surface area contributed by atoms with Crippen molar-refractivity contribution in [2.24, 2.45) is 0 Å². The second kappa shape index (κ2) is 6.41. The molecule has 0 aliphatic heterocycles. The van der Waals surface area contributed by atoms with Gasteiger partial charge in [0, 0.05) is 11.4 Å². The lowest BCUT2D eigenvalue weighted by atomic mass is 9.81. The first-order valence-electron chi connectivity index (χ1n) is 7.51. The molecule has 3 rings (SSSR count). The van der Waals surface area contributed by atoms with Gasteiger partial charge in [-0.1, -0.05) is 0 Å². The van der Waals surface area contributed by atoms with Crippen molar-refractivity contribution in [2.75, 3.05) is 16.9 Å². The number of fused-ring (bicyclic) bond motifs is 2. The summed E-state index contributed by atoms with van der Waals surface area (Å²) in [6.45, 7) is 0. The molecular weight excluding hydrogens is 432 g/mol. The van der Waals surface area contributed by atoms with Gasteiger partial charge in [-0.25, -0.2) is 0 Å². The monoisotopic (exact) mass is 444 g/mol. The van der Waals surface area contributed by atoms with Crippen molar-refractivity contribution >= 4 is 43.2 Å². The first-order chi connectivity index (χ1) is 13.2. The number of phenols is 2. The summed E-state index contributed by atoms with van der Waals surface area (Å²) in [6.07, 6.45) is 0. The van der Waals surface area contributed by atoms with E-state index in [2.05, 4.69) is 5.32 Å². The van der Waals surface area contributed by atoms with Crippen LogP contribution in [0.2, 0.25) is 0 Å². The fraction of sp³-hybridized carbons (Fsp3) is 0.0667. The van der Waals surface area contributed by atoms with Crippen LogP contribution in [0.1, 0.15) is 31.8 Å². The van der Waals surface area contributed by atoms with E-state index in [1.54, 1.807) is 0 Å². The molecular formula is C15H12N2O10S2. The minimum absolute atomic E-state index is 0.258. The maximum atomic E-state index is 12.9. The summed E-state index contributed by atoms with van der Waals surface area (Å²) in [4.78, 5) is 24.7. The lowest BCUT2D eigenvalue weighted by molar-refractivity contribution is 0.0975. The van der Waals surface area contributed by atoms with E-state index in [4.69, 9.17) is 10.3 Å². The number of nitrogens with one attached hydrogen (secondary N) is 1. The van der Waals surface area contributed by atoms with Gasteiger partial charge >= 0.3 is 0 Å². The van der Waals surface area contributed by atoms with Crippen LogP contribution in [0.4, 0.5) is 11.4 Å². The largest absolute Gasteiger partial charge is 0.507 e. The van der Waals surface area contributed by atoms with Crippen LogP contribution in [0, 0.1) is 0 Å². The summed E-state index contributed by atoms with van der Waals surface area (Å²) in [5.74, 6) is -5.36. The van der Waals surface area contributed by atoms with Crippen LogP contribution in [0.3, 0.4) is 0 Å². The van der Waals surface area contributed by atoms with Crippen LogP contribution in [0.15, 0.2) is 23.1 Å². The van der Waals surface area contributed by atoms with Gasteiger partial charge in [0.25, 0.3) is 20.2 Å². The fourth-order valence-electron chi connectivity index (χ4n) is 2.94. The molecule has 2 aromatic rings. The number of carbonyl (C=O) groups is 2. The van der Waals surface area contributed by atoms with E-state index in [1.165, 1.54) is 0 Å². The number of hydrogen-bond acceptors (Lipinski definition) is 10. The van der Waals surface area contributed by atoms with Crippen LogP contribution in [-0.2, 0) is 20.2 Å². The molecule has 14 heteroatoms. The molecule has 0 radical (unpaired) electrons. The predicted molar refractivity (Wildman–Crippen MR) is 97.3 cm³/mol. The molecule has 29 heavy (non-hydrogen) atoms. The number of nitrogen functional groups attached to an aromatic ring is 1. The van der Waals surface area contributed by atoms with Crippen LogP contribution in [0.25, 0.3) is 0 Å². The van der Waals surface area contributed by atoms with Gasteiger partial charge in [0.05, 0.1) is 22.3 Å². The first-order valence-corrected chi connectivity index (χ1v) is 10.6. The first kappa shape index (κ1) is 20.5. The molecule has 12 nitrogen and oxygen atoms in total. The average molecular weight is 444 g/mol. The Balaban J connectivity index is 2.42. The van der Waals surface area contributed by atoms with E-state index in [1.807, 2.05) is 0 Å². The predicted octanol–water partition coefficient (Wildman–Crippen LogP) is -0.0407. The van der Waals surface area contributed by atoms with E-state index >= 15 is 0 Å². The topological polar surface area (TPSA) is 221 Å². The molecule has 0 spiro atoms. The van der Waals surface area contributed by atoms with Gasteiger partial charge < -0.3 is 21.3 Å². The SMILES string of the molecule is Nc1ccc(O)c2c1C(=O)c1c(O)c(S(=O)(=O)O)cc(NCS(=O)(=O)O)c1C2=O. The molecule has 0 saturated heterocycles. The molecule has 0 aromatic heterocycles. The molecule has 0 atom stereocenters. The summed E-state index contributed by atoms with van der Waals surface area (Å²) in [5.41, 5.74) is 2.19. The number of hydrogen-bond donors (Lipinski definition) is 6. The normalized spacial score (nSPS) is 13.7. The number of nitrogens with two attached hydrogens (primary N) is 1. The van der Waals surface area contributed by atoms with Crippen LogP contribution in [0.5, 0.6) is 11.5 Å². The highest BCUT2D eigenvalue weighted by atomic mass is 32.2. The maximum absolute atomic E-state index is 12.9. The molecule has 154 valence electrons. The van der Waals surface area contributed by atoms with Crippen molar-refractivity contribution in [1.29, 1.82) is 0 Å². The number of ketones is 2. The minimum atomic E-state index is -5.13. The Kier molecular flexibility index (Phi) is 4.54. The molecule has 1 aliphatic carbocycles. The Morgan fingerprint density at radius 1 is 0.897 bits per heavy atom. The Labute approximate surface area is 163 Å². The highest BCUT2D eigenvalue weighted by Gasteiger charge is 2.40. The van der Waals surface area contributed by atoms with Gasteiger partial charge in [-0.05, 0) is 18.2 Å². The van der Waals surface area contributed by atoms with E-state index < -0.39 is 82.0 Å². The molecule has 0 fully saturated rings. The fourth-order valence-corrected chi connectivity index (χ4v) is 3.89. The zero-order chi connectivity index (χ0) is 21.9. The van der Waals surface area contributed by atoms with Gasteiger partial charge in [0.1, 0.15) is 22.3 Å². The van der Waals surface area contributed by atoms with Crippen LogP contribution in [-0.4, -0.2) is 53.6 Å². The molecule has 1 aliphatic rings. The highest BCUT2D eigenvalue weighted by molar-refractivity contribution is 7.86. The smallest absolute Gasteiger partial charge is 0.298 e.